The molecular formula is C11H8FNO2. The van der Waals surface area contributed by atoms with Gasteiger partial charge < -0.3 is 0 Å². The number of rotatable bonds is 1. The molecule has 0 atom stereocenters. The normalized spacial score (nSPS) is 18.3. The summed E-state index contributed by atoms with van der Waals surface area (Å²) < 4.78 is 12.8. The molecule has 76 valence electrons. The van der Waals surface area contributed by atoms with Crippen molar-refractivity contribution in [1.29, 1.82) is 0 Å². The lowest BCUT2D eigenvalue weighted by Gasteiger charge is -1.95. The van der Waals surface area contributed by atoms with Gasteiger partial charge in [-0.15, -0.1) is 0 Å². The predicted molar refractivity (Wildman–Crippen MR) is 52.1 cm³/mol. The van der Waals surface area contributed by atoms with Gasteiger partial charge in [0.2, 0.25) is 5.91 Å². The number of nitrogens with one attached hydrogen (secondary N) is 1. The molecule has 1 saturated heterocycles. The third kappa shape index (κ3) is 2.10. The van der Waals surface area contributed by atoms with Gasteiger partial charge in [0.15, 0.2) is 0 Å². The van der Waals surface area contributed by atoms with Crippen molar-refractivity contribution in [3.8, 4) is 0 Å². The number of hydrogen-bond donors (Lipinski definition) is 1. The maximum absolute atomic E-state index is 12.8. The van der Waals surface area contributed by atoms with Crippen LogP contribution in [0.2, 0.25) is 0 Å². The number of hydrogen-bond acceptors (Lipinski definition) is 2. The Balaban J connectivity index is 2.31. The minimum atomic E-state index is -0.399. The maximum Gasteiger partial charge on any atom is 0.254 e. The van der Waals surface area contributed by atoms with Crippen LogP contribution in [-0.4, -0.2) is 11.8 Å². The van der Waals surface area contributed by atoms with Crippen LogP contribution in [0.1, 0.15) is 12.0 Å². The lowest BCUT2D eigenvalue weighted by Crippen LogP contribution is -2.19. The first-order valence-electron chi connectivity index (χ1n) is 4.45. The van der Waals surface area contributed by atoms with Crippen molar-refractivity contribution in [3.05, 3.63) is 41.2 Å². The zero-order valence-electron chi connectivity index (χ0n) is 7.79. The highest BCUT2D eigenvalue weighted by atomic mass is 19.1. The molecule has 1 fully saturated rings. The van der Waals surface area contributed by atoms with Gasteiger partial charge in [-0.3, -0.25) is 14.9 Å². The number of benzene rings is 1. The van der Waals surface area contributed by atoms with Gasteiger partial charge in [0, 0.05) is 5.57 Å². The summed E-state index contributed by atoms with van der Waals surface area (Å²) in [6, 6.07) is 5.85. The van der Waals surface area contributed by atoms with E-state index in [0.717, 1.165) is 0 Å². The average Bonchev–Trinajstić information content (AvgIpc) is 2.45. The molecule has 0 saturated carbocycles. The zero-order chi connectivity index (χ0) is 10.8. The molecule has 1 aromatic carbocycles. The van der Waals surface area contributed by atoms with Crippen LogP contribution in [0.15, 0.2) is 29.8 Å². The Hall–Kier alpha value is -1.97. The van der Waals surface area contributed by atoms with E-state index in [0.29, 0.717) is 11.1 Å². The van der Waals surface area contributed by atoms with Gasteiger partial charge in [0.05, 0.1) is 6.42 Å². The van der Waals surface area contributed by atoms with Gasteiger partial charge >= 0.3 is 0 Å². The van der Waals surface area contributed by atoms with Crippen molar-refractivity contribution in [2.24, 2.45) is 0 Å². The molecule has 0 spiro atoms. The van der Waals surface area contributed by atoms with Crippen molar-refractivity contribution >= 4 is 17.9 Å². The van der Waals surface area contributed by atoms with E-state index in [1.54, 1.807) is 12.1 Å². The van der Waals surface area contributed by atoms with E-state index in [2.05, 4.69) is 5.32 Å². The Morgan fingerprint density at radius 3 is 2.73 bits per heavy atom. The summed E-state index contributed by atoms with van der Waals surface area (Å²) in [5.74, 6) is -1.08. The molecular weight excluding hydrogens is 197 g/mol. The third-order valence-electron chi connectivity index (χ3n) is 2.09. The second-order valence-corrected chi connectivity index (χ2v) is 3.28. The molecule has 3 nitrogen and oxygen atoms in total. The minimum absolute atomic E-state index is 0.0648. The number of halogens is 1. The molecule has 1 aromatic rings. The summed E-state index contributed by atoms with van der Waals surface area (Å²) in [7, 11) is 0. The first-order chi connectivity index (χ1) is 7.15. The smallest absolute Gasteiger partial charge is 0.254 e. The van der Waals surface area contributed by atoms with E-state index >= 15 is 0 Å². The largest absolute Gasteiger partial charge is 0.292 e. The molecule has 0 radical (unpaired) electrons. The van der Waals surface area contributed by atoms with Crippen molar-refractivity contribution in [1.82, 2.24) is 5.32 Å². The Morgan fingerprint density at radius 2 is 2.13 bits per heavy atom. The minimum Gasteiger partial charge on any atom is -0.292 e. The van der Waals surface area contributed by atoms with Gasteiger partial charge in [-0.2, -0.15) is 0 Å². The fraction of sp³-hybridized carbons (Fsp3) is 0.0909. The SMILES string of the molecule is O=C1CC(=Cc2cccc(F)c2)C(=O)N1. The Morgan fingerprint density at radius 1 is 1.33 bits per heavy atom. The van der Waals surface area contributed by atoms with Gasteiger partial charge in [-0.1, -0.05) is 12.1 Å². The first kappa shape index (κ1) is 9.58. The summed E-state index contributed by atoms with van der Waals surface area (Å²) >= 11 is 0. The van der Waals surface area contributed by atoms with Crippen molar-refractivity contribution in [2.75, 3.05) is 0 Å². The molecule has 0 bridgehead atoms. The summed E-state index contributed by atoms with van der Waals surface area (Å²) in [6.07, 6.45) is 1.58. The molecule has 2 rings (SSSR count). The van der Waals surface area contributed by atoms with Gasteiger partial charge in [-0.25, -0.2) is 4.39 Å². The van der Waals surface area contributed by atoms with Crippen LogP contribution in [0.3, 0.4) is 0 Å². The zero-order valence-corrected chi connectivity index (χ0v) is 7.79. The summed E-state index contributed by atoms with van der Waals surface area (Å²) in [4.78, 5) is 22.1. The highest BCUT2D eigenvalue weighted by molar-refractivity contribution is 6.15. The quantitative estimate of drug-likeness (QED) is 0.554. The van der Waals surface area contributed by atoms with Crippen LogP contribution in [0, 0.1) is 5.82 Å². The Kier molecular flexibility index (Phi) is 2.33. The summed E-state index contributed by atoms with van der Waals surface area (Å²) in [5, 5.41) is 2.16. The van der Waals surface area contributed by atoms with Crippen LogP contribution in [-0.2, 0) is 9.59 Å². The Bertz CT molecular complexity index is 465. The maximum atomic E-state index is 12.8. The molecule has 0 aliphatic carbocycles. The predicted octanol–water partition coefficient (Wildman–Crippen LogP) is 1.26. The number of imide groups is 1. The molecule has 2 amide bonds. The lowest BCUT2D eigenvalue weighted by molar-refractivity contribution is -0.124. The topological polar surface area (TPSA) is 46.2 Å². The van der Waals surface area contributed by atoms with Crippen LogP contribution < -0.4 is 5.32 Å². The van der Waals surface area contributed by atoms with Gasteiger partial charge in [0.1, 0.15) is 5.82 Å². The van der Waals surface area contributed by atoms with E-state index in [-0.39, 0.29) is 18.1 Å². The van der Waals surface area contributed by atoms with E-state index in [9.17, 15) is 14.0 Å². The van der Waals surface area contributed by atoms with Crippen LogP contribution >= 0.6 is 0 Å². The highest BCUT2D eigenvalue weighted by Gasteiger charge is 2.23. The molecule has 1 aliphatic rings. The van der Waals surface area contributed by atoms with Crippen LogP contribution in [0.25, 0.3) is 6.08 Å². The van der Waals surface area contributed by atoms with Crippen molar-refractivity contribution < 1.29 is 14.0 Å². The number of carbonyl (C=O) groups is 2. The Labute approximate surface area is 85.6 Å². The van der Waals surface area contributed by atoms with E-state index in [4.69, 9.17) is 0 Å². The van der Waals surface area contributed by atoms with Crippen molar-refractivity contribution in [2.45, 2.75) is 6.42 Å². The van der Waals surface area contributed by atoms with E-state index in [1.807, 2.05) is 0 Å². The second kappa shape index (κ2) is 3.65. The number of carbonyl (C=O) groups excluding carboxylic acids is 2. The highest BCUT2D eigenvalue weighted by Crippen LogP contribution is 2.15. The van der Waals surface area contributed by atoms with Crippen LogP contribution in [0.5, 0.6) is 0 Å². The second-order valence-electron chi connectivity index (χ2n) is 3.28. The van der Waals surface area contributed by atoms with Gasteiger partial charge in [-0.05, 0) is 23.8 Å². The lowest BCUT2D eigenvalue weighted by atomic mass is 10.1. The van der Waals surface area contributed by atoms with Crippen molar-refractivity contribution in [3.63, 3.8) is 0 Å². The molecule has 4 heteroatoms. The van der Waals surface area contributed by atoms with E-state index in [1.165, 1.54) is 18.2 Å². The molecule has 1 heterocycles. The molecule has 1 N–H and O–H groups in total. The summed E-state index contributed by atoms with van der Waals surface area (Å²) in [5.41, 5.74) is 0.945. The number of amides is 2. The van der Waals surface area contributed by atoms with E-state index < -0.39 is 5.91 Å². The first-order valence-corrected chi connectivity index (χ1v) is 4.45. The fourth-order valence-corrected chi connectivity index (χ4v) is 1.42. The average molecular weight is 205 g/mol. The molecule has 0 unspecified atom stereocenters. The molecule has 1 aliphatic heterocycles. The fourth-order valence-electron chi connectivity index (χ4n) is 1.42. The summed E-state index contributed by atoms with van der Waals surface area (Å²) in [6.45, 7) is 0. The van der Waals surface area contributed by atoms with Crippen LogP contribution in [0.4, 0.5) is 4.39 Å². The van der Waals surface area contributed by atoms with Gasteiger partial charge in [0.25, 0.3) is 5.91 Å². The third-order valence-corrected chi connectivity index (χ3v) is 2.09. The molecule has 0 aromatic heterocycles. The standard InChI is InChI=1S/C11H8FNO2/c12-9-3-1-2-7(5-9)4-8-6-10(14)13-11(8)15/h1-5H,6H2,(H,13,14,15). The monoisotopic (exact) mass is 205 g/mol. The molecule has 15 heavy (non-hydrogen) atoms.